The van der Waals surface area contributed by atoms with E-state index in [9.17, 15) is 0 Å². The van der Waals surface area contributed by atoms with Gasteiger partial charge in [-0.2, -0.15) is 0 Å². The molecule has 0 saturated carbocycles. The van der Waals surface area contributed by atoms with E-state index in [0.29, 0.717) is 22.5 Å². The number of anilines is 1. The van der Waals surface area contributed by atoms with Gasteiger partial charge in [0.25, 0.3) is 0 Å². The smallest absolute Gasteiger partial charge is 0.198 e. The van der Waals surface area contributed by atoms with Gasteiger partial charge in [0.15, 0.2) is 11.7 Å². The van der Waals surface area contributed by atoms with Gasteiger partial charge in [-0.15, -0.1) is 0 Å². The van der Waals surface area contributed by atoms with Crippen molar-refractivity contribution in [2.75, 3.05) is 18.8 Å². The second kappa shape index (κ2) is 5.19. The second-order valence-corrected chi connectivity index (χ2v) is 5.08. The minimum absolute atomic E-state index is 0.382. The summed E-state index contributed by atoms with van der Waals surface area (Å²) in [5.74, 6) is 2.22. The largest absolute Gasteiger partial charge is 0.440 e. The maximum absolute atomic E-state index is 6.11. The lowest BCUT2D eigenvalue weighted by Crippen LogP contribution is -2.26. The Balaban J connectivity index is 1.89. The molecule has 0 radical (unpaired) electrons. The van der Waals surface area contributed by atoms with Crippen LogP contribution in [0.25, 0.3) is 11.3 Å². The van der Waals surface area contributed by atoms with Crippen molar-refractivity contribution in [2.45, 2.75) is 18.8 Å². The predicted molar refractivity (Wildman–Crippen MR) is 74.0 cm³/mol. The molecule has 6 heteroatoms. The zero-order valence-corrected chi connectivity index (χ0v) is 11.2. The van der Waals surface area contributed by atoms with Gasteiger partial charge in [-0.05, 0) is 32.0 Å². The fraction of sp³-hybridized carbons (Fsp3) is 0.385. The Hall–Kier alpha value is -1.59. The molecule has 0 amide bonds. The average Bonchev–Trinajstić information content (AvgIpc) is 2.92. The number of nitrogen functional groups attached to an aromatic ring is 1. The number of piperidine rings is 1. The van der Waals surface area contributed by atoms with Crippen molar-refractivity contribution >= 4 is 17.4 Å². The average molecular weight is 279 g/mol. The molecule has 0 bridgehead atoms. The maximum atomic E-state index is 6.11. The zero-order chi connectivity index (χ0) is 13.2. The molecule has 1 aliphatic rings. The number of aromatic nitrogens is 2. The first kappa shape index (κ1) is 12.4. The zero-order valence-electron chi connectivity index (χ0n) is 10.4. The molecule has 0 spiro atoms. The van der Waals surface area contributed by atoms with Gasteiger partial charge in [-0.25, -0.2) is 9.97 Å². The number of rotatable bonds is 2. The summed E-state index contributed by atoms with van der Waals surface area (Å²) in [5, 5.41) is 3.84. The number of nitrogens with zero attached hydrogens (tertiary/aromatic N) is 2. The van der Waals surface area contributed by atoms with Gasteiger partial charge in [0, 0.05) is 17.7 Å². The molecule has 1 fully saturated rings. The Bertz CT molecular complexity index is 578. The van der Waals surface area contributed by atoms with Crippen LogP contribution in [0.15, 0.2) is 22.9 Å². The minimum atomic E-state index is 0.382. The highest BCUT2D eigenvalue weighted by Crippen LogP contribution is 2.32. The molecule has 19 heavy (non-hydrogen) atoms. The Morgan fingerprint density at radius 1 is 1.26 bits per heavy atom. The lowest BCUT2D eigenvalue weighted by molar-refractivity contribution is 0.378. The van der Waals surface area contributed by atoms with Crippen molar-refractivity contribution in [3.8, 4) is 11.3 Å². The Morgan fingerprint density at radius 3 is 2.84 bits per heavy atom. The van der Waals surface area contributed by atoms with Crippen LogP contribution in [0.5, 0.6) is 0 Å². The van der Waals surface area contributed by atoms with Gasteiger partial charge in [0.1, 0.15) is 5.82 Å². The van der Waals surface area contributed by atoms with Crippen LogP contribution in [-0.4, -0.2) is 23.1 Å². The number of halogens is 1. The van der Waals surface area contributed by atoms with Crippen LogP contribution in [-0.2, 0) is 0 Å². The highest BCUT2D eigenvalue weighted by molar-refractivity contribution is 6.33. The highest BCUT2D eigenvalue weighted by atomic mass is 35.5. The van der Waals surface area contributed by atoms with E-state index >= 15 is 0 Å². The number of pyridine rings is 1. The quantitative estimate of drug-likeness (QED) is 0.882. The molecule has 0 aliphatic carbocycles. The van der Waals surface area contributed by atoms with Crippen molar-refractivity contribution in [2.24, 2.45) is 0 Å². The van der Waals surface area contributed by atoms with E-state index in [-0.39, 0.29) is 0 Å². The molecular weight excluding hydrogens is 264 g/mol. The van der Waals surface area contributed by atoms with Gasteiger partial charge >= 0.3 is 0 Å². The van der Waals surface area contributed by atoms with Gasteiger partial charge in [-0.1, -0.05) is 11.6 Å². The van der Waals surface area contributed by atoms with E-state index in [0.717, 1.165) is 37.4 Å². The standard InChI is InChI=1S/C13H15ClN4O/c14-10-6-17-12(15)5-9(10)11-7-18-13(19-11)8-1-3-16-4-2-8/h5-8,16H,1-4H2,(H2,15,17). The van der Waals surface area contributed by atoms with Crippen molar-refractivity contribution in [3.05, 3.63) is 29.4 Å². The summed E-state index contributed by atoms with van der Waals surface area (Å²) in [6.45, 7) is 2.01. The monoisotopic (exact) mass is 278 g/mol. The number of nitrogens with two attached hydrogens (primary N) is 1. The van der Waals surface area contributed by atoms with Gasteiger partial charge in [0.2, 0.25) is 0 Å². The number of nitrogens with one attached hydrogen (secondary N) is 1. The fourth-order valence-electron chi connectivity index (χ4n) is 2.31. The van der Waals surface area contributed by atoms with Crippen LogP contribution < -0.4 is 11.1 Å². The summed E-state index contributed by atoms with van der Waals surface area (Å²) in [5.41, 5.74) is 6.41. The Morgan fingerprint density at radius 2 is 2.05 bits per heavy atom. The summed E-state index contributed by atoms with van der Waals surface area (Å²) >= 11 is 6.11. The van der Waals surface area contributed by atoms with E-state index in [1.807, 2.05) is 0 Å². The van der Waals surface area contributed by atoms with Crippen LogP contribution in [0.3, 0.4) is 0 Å². The van der Waals surface area contributed by atoms with E-state index in [2.05, 4.69) is 15.3 Å². The SMILES string of the molecule is Nc1cc(-c2cnc(C3CCNCC3)o2)c(Cl)cn1. The number of hydrogen-bond acceptors (Lipinski definition) is 5. The first-order chi connectivity index (χ1) is 9.24. The molecule has 0 unspecified atom stereocenters. The molecule has 3 N–H and O–H groups in total. The summed E-state index contributed by atoms with van der Waals surface area (Å²) in [7, 11) is 0. The lowest BCUT2D eigenvalue weighted by atomic mass is 9.98. The van der Waals surface area contributed by atoms with Crippen LogP contribution in [0.2, 0.25) is 5.02 Å². The second-order valence-electron chi connectivity index (χ2n) is 4.68. The van der Waals surface area contributed by atoms with Crippen molar-refractivity contribution in [1.82, 2.24) is 15.3 Å². The molecule has 1 saturated heterocycles. The molecule has 5 nitrogen and oxygen atoms in total. The Labute approximate surface area is 116 Å². The number of oxazole rings is 1. The third-order valence-corrected chi connectivity index (χ3v) is 3.66. The summed E-state index contributed by atoms with van der Waals surface area (Å²) in [6.07, 6.45) is 5.33. The van der Waals surface area contributed by atoms with Gasteiger partial charge < -0.3 is 15.5 Å². The summed E-state index contributed by atoms with van der Waals surface area (Å²) < 4.78 is 5.84. The highest BCUT2D eigenvalue weighted by Gasteiger charge is 2.21. The van der Waals surface area contributed by atoms with E-state index in [1.165, 1.54) is 6.20 Å². The first-order valence-corrected chi connectivity index (χ1v) is 6.69. The number of hydrogen-bond donors (Lipinski definition) is 2. The van der Waals surface area contributed by atoms with Crippen LogP contribution in [0.1, 0.15) is 24.7 Å². The van der Waals surface area contributed by atoms with Gasteiger partial charge in [0.05, 0.1) is 11.2 Å². The van der Waals surface area contributed by atoms with Crippen molar-refractivity contribution in [3.63, 3.8) is 0 Å². The lowest BCUT2D eigenvalue weighted by Gasteiger charge is -2.19. The summed E-state index contributed by atoms with van der Waals surface area (Å²) in [4.78, 5) is 8.31. The first-order valence-electron chi connectivity index (χ1n) is 6.32. The van der Waals surface area contributed by atoms with Crippen LogP contribution in [0.4, 0.5) is 5.82 Å². The van der Waals surface area contributed by atoms with E-state index in [4.69, 9.17) is 21.8 Å². The molecule has 100 valence electrons. The van der Waals surface area contributed by atoms with E-state index in [1.54, 1.807) is 12.3 Å². The normalized spacial score (nSPS) is 16.7. The molecule has 2 aromatic rings. The molecule has 0 atom stereocenters. The molecule has 3 rings (SSSR count). The topological polar surface area (TPSA) is 77.0 Å². The molecule has 0 aromatic carbocycles. The third kappa shape index (κ3) is 2.57. The van der Waals surface area contributed by atoms with Crippen LogP contribution in [0, 0.1) is 0 Å². The third-order valence-electron chi connectivity index (χ3n) is 3.35. The van der Waals surface area contributed by atoms with Crippen molar-refractivity contribution in [1.29, 1.82) is 0 Å². The van der Waals surface area contributed by atoms with Crippen LogP contribution >= 0.6 is 11.6 Å². The fourth-order valence-corrected chi connectivity index (χ4v) is 2.51. The minimum Gasteiger partial charge on any atom is -0.440 e. The molecule has 2 aromatic heterocycles. The van der Waals surface area contributed by atoms with Crippen molar-refractivity contribution < 1.29 is 4.42 Å². The molecular formula is C13H15ClN4O. The molecule has 3 heterocycles. The summed E-state index contributed by atoms with van der Waals surface area (Å²) in [6, 6.07) is 1.70. The predicted octanol–water partition coefficient (Wildman–Crippen LogP) is 2.44. The molecule has 1 aliphatic heterocycles. The Kier molecular flexibility index (Phi) is 3.40. The maximum Gasteiger partial charge on any atom is 0.198 e. The van der Waals surface area contributed by atoms with Gasteiger partial charge in [-0.3, -0.25) is 0 Å². The van der Waals surface area contributed by atoms with E-state index < -0.39 is 0 Å².